The highest BCUT2D eigenvalue weighted by Gasteiger charge is 2.42. The van der Waals surface area contributed by atoms with E-state index in [1.165, 1.54) is 38.8 Å². The molecular formula is C10H19N. The van der Waals surface area contributed by atoms with Gasteiger partial charge in [-0.05, 0) is 45.1 Å². The Labute approximate surface area is 69.8 Å². The van der Waals surface area contributed by atoms with Crippen molar-refractivity contribution in [2.45, 2.75) is 45.6 Å². The van der Waals surface area contributed by atoms with E-state index in [2.05, 4.69) is 18.7 Å². The molecule has 1 heterocycles. The molecule has 2 fully saturated rings. The molecule has 1 saturated heterocycles. The number of nitrogens with zero attached hydrogens (tertiary/aromatic N) is 1. The quantitative estimate of drug-likeness (QED) is 0.558. The molecule has 0 radical (unpaired) electrons. The number of hydrogen-bond acceptors (Lipinski definition) is 1. The fourth-order valence-corrected chi connectivity index (χ4v) is 2.50. The predicted octanol–water partition coefficient (Wildman–Crippen LogP) is 2.27. The van der Waals surface area contributed by atoms with Crippen LogP contribution in [0.4, 0.5) is 0 Å². The van der Waals surface area contributed by atoms with Crippen molar-refractivity contribution in [3.63, 3.8) is 0 Å². The third-order valence-corrected chi connectivity index (χ3v) is 3.61. The molecule has 0 aromatic heterocycles. The van der Waals surface area contributed by atoms with Crippen molar-refractivity contribution in [1.82, 2.24) is 4.90 Å². The largest absolute Gasteiger partial charge is 0.300 e. The van der Waals surface area contributed by atoms with Gasteiger partial charge in [-0.1, -0.05) is 6.42 Å². The lowest BCUT2D eigenvalue weighted by Gasteiger charge is -2.38. The average molecular weight is 153 g/mol. The molecule has 1 spiro atoms. The summed E-state index contributed by atoms with van der Waals surface area (Å²) in [5.41, 5.74) is 0.796. The van der Waals surface area contributed by atoms with Crippen molar-refractivity contribution in [2.24, 2.45) is 5.41 Å². The summed E-state index contributed by atoms with van der Waals surface area (Å²) < 4.78 is 0. The Bertz CT molecular complexity index is 147. The highest BCUT2D eigenvalue weighted by Crippen LogP contribution is 2.48. The molecule has 0 unspecified atom stereocenters. The van der Waals surface area contributed by atoms with Gasteiger partial charge in [-0.25, -0.2) is 0 Å². The summed E-state index contributed by atoms with van der Waals surface area (Å²) in [6, 6.07) is 0.773. The standard InChI is InChI=1S/C10H19N/c1-9(2)11-7-6-10(8-11)4-3-5-10/h9H,3-8H2,1-2H3. The van der Waals surface area contributed by atoms with E-state index in [0.29, 0.717) is 0 Å². The van der Waals surface area contributed by atoms with Crippen LogP contribution in [0, 0.1) is 5.41 Å². The summed E-state index contributed by atoms with van der Waals surface area (Å²) in [4.78, 5) is 2.64. The van der Waals surface area contributed by atoms with E-state index < -0.39 is 0 Å². The number of rotatable bonds is 1. The molecule has 64 valence electrons. The molecule has 1 aliphatic carbocycles. The van der Waals surface area contributed by atoms with Crippen LogP contribution in [0.1, 0.15) is 39.5 Å². The SMILES string of the molecule is CC(C)N1CCC2(CCC2)C1. The number of hydrogen-bond donors (Lipinski definition) is 0. The Kier molecular flexibility index (Phi) is 1.71. The molecule has 0 amide bonds. The maximum atomic E-state index is 2.64. The Morgan fingerprint density at radius 2 is 1.91 bits per heavy atom. The zero-order chi connectivity index (χ0) is 7.90. The molecule has 1 heteroatoms. The third kappa shape index (κ3) is 1.20. The summed E-state index contributed by atoms with van der Waals surface area (Å²) in [5, 5.41) is 0. The first kappa shape index (κ1) is 7.60. The monoisotopic (exact) mass is 153 g/mol. The Balaban J connectivity index is 1.93. The predicted molar refractivity (Wildman–Crippen MR) is 47.6 cm³/mol. The van der Waals surface area contributed by atoms with E-state index >= 15 is 0 Å². The zero-order valence-corrected chi connectivity index (χ0v) is 7.77. The molecule has 2 aliphatic rings. The van der Waals surface area contributed by atoms with Gasteiger partial charge in [0.1, 0.15) is 0 Å². The summed E-state index contributed by atoms with van der Waals surface area (Å²) >= 11 is 0. The first-order valence-electron chi connectivity index (χ1n) is 4.96. The van der Waals surface area contributed by atoms with Crippen molar-refractivity contribution in [2.75, 3.05) is 13.1 Å². The molecular weight excluding hydrogens is 134 g/mol. The lowest BCUT2D eigenvalue weighted by Crippen LogP contribution is -2.35. The minimum Gasteiger partial charge on any atom is -0.300 e. The first-order valence-corrected chi connectivity index (χ1v) is 4.96. The molecule has 0 N–H and O–H groups in total. The van der Waals surface area contributed by atoms with E-state index in [-0.39, 0.29) is 0 Å². The summed E-state index contributed by atoms with van der Waals surface area (Å²) in [5.74, 6) is 0. The van der Waals surface area contributed by atoms with Crippen LogP contribution in [0.5, 0.6) is 0 Å². The average Bonchev–Trinajstić information content (AvgIpc) is 2.28. The summed E-state index contributed by atoms with van der Waals surface area (Å²) in [7, 11) is 0. The fraction of sp³-hybridized carbons (Fsp3) is 1.00. The minimum absolute atomic E-state index is 0.773. The van der Waals surface area contributed by atoms with Crippen LogP contribution in [0.25, 0.3) is 0 Å². The van der Waals surface area contributed by atoms with Crippen LogP contribution in [-0.2, 0) is 0 Å². The van der Waals surface area contributed by atoms with E-state index in [0.717, 1.165) is 11.5 Å². The topological polar surface area (TPSA) is 3.24 Å². The van der Waals surface area contributed by atoms with Crippen LogP contribution < -0.4 is 0 Å². The smallest absolute Gasteiger partial charge is 0.00412 e. The lowest BCUT2D eigenvalue weighted by atomic mass is 9.68. The van der Waals surface area contributed by atoms with E-state index in [1.54, 1.807) is 0 Å². The van der Waals surface area contributed by atoms with Gasteiger partial charge in [0.25, 0.3) is 0 Å². The van der Waals surface area contributed by atoms with Gasteiger partial charge in [-0.2, -0.15) is 0 Å². The Hall–Kier alpha value is -0.0400. The van der Waals surface area contributed by atoms with E-state index in [1.807, 2.05) is 0 Å². The molecule has 0 aromatic carbocycles. The molecule has 0 aromatic rings. The first-order chi connectivity index (χ1) is 5.22. The second-order valence-electron chi connectivity index (χ2n) is 4.67. The van der Waals surface area contributed by atoms with Crippen molar-refractivity contribution >= 4 is 0 Å². The zero-order valence-electron chi connectivity index (χ0n) is 7.77. The highest BCUT2D eigenvalue weighted by atomic mass is 15.2. The van der Waals surface area contributed by atoms with Gasteiger partial charge in [0, 0.05) is 12.6 Å². The normalized spacial score (nSPS) is 29.7. The van der Waals surface area contributed by atoms with Crippen molar-refractivity contribution in [3.05, 3.63) is 0 Å². The third-order valence-electron chi connectivity index (χ3n) is 3.61. The van der Waals surface area contributed by atoms with E-state index in [9.17, 15) is 0 Å². The maximum Gasteiger partial charge on any atom is 0.00412 e. The molecule has 0 atom stereocenters. The van der Waals surface area contributed by atoms with Gasteiger partial charge >= 0.3 is 0 Å². The summed E-state index contributed by atoms with van der Waals surface area (Å²) in [6.07, 6.45) is 5.99. The van der Waals surface area contributed by atoms with Crippen molar-refractivity contribution < 1.29 is 0 Å². The molecule has 11 heavy (non-hydrogen) atoms. The highest BCUT2D eigenvalue weighted by molar-refractivity contribution is 4.96. The van der Waals surface area contributed by atoms with Crippen LogP contribution in [0.2, 0.25) is 0 Å². The van der Waals surface area contributed by atoms with Crippen LogP contribution in [-0.4, -0.2) is 24.0 Å². The second-order valence-corrected chi connectivity index (χ2v) is 4.67. The van der Waals surface area contributed by atoms with Crippen LogP contribution in [0.15, 0.2) is 0 Å². The van der Waals surface area contributed by atoms with E-state index in [4.69, 9.17) is 0 Å². The second kappa shape index (κ2) is 2.48. The number of likely N-dealkylation sites (tertiary alicyclic amines) is 1. The molecule has 1 saturated carbocycles. The summed E-state index contributed by atoms with van der Waals surface area (Å²) in [6.45, 7) is 7.39. The van der Waals surface area contributed by atoms with Crippen LogP contribution >= 0.6 is 0 Å². The van der Waals surface area contributed by atoms with Gasteiger partial charge in [-0.15, -0.1) is 0 Å². The van der Waals surface area contributed by atoms with Gasteiger partial charge in [0.15, 0.2) is 0 Å². The van der Waals surface area contributed by atoms with Gasteiger partial charge < -0.3 is 4.90 Å². The van der Waals surface area contributed by atoms with Crippen LogP contribution in [0.3, 0.4) is 0 Å². The Morgan fingerprint density at radius 1 is 1.18 bits per heavy atom. The van der Waals surface area contributed by atoms with Gasteiger partial charge in [-0.3, -0.25) is 0 Å². The molecule has 1 aliphatic heterocycles. The maximum absolute atomic E-state index is 2.64. The fourth-order valence-electron chi connectivity index (χ4n) is 2.50. The molecule has 1 nitrogen and oxygen atoms in total. The minimum atomic E-state index is 0.773. The van der Waals surface area contributed by atoms with Crippen molar-refractivity contribution in [3.8, 4) is 0 Å². The van der Waals surface area contributed by atoms with Gasteiger partial charge in [0.05, 0.1) is 0 Å². The Morgan fingerprint density at radius 3 is 2.18 bits per heavy atom. The molecule has 2 rings (SSSR count). The van der Waals surface area contributed by atoms with Crippen molar-refractivity contribution in [1.29, 1.82) is 0 Å². The molecule has 0 bridgehead atoms. The van der Waals surface area contributed by atoms with Gasteiger partial charge in [0.2, 0.25) is 0 Å². The lowest BCUT2D eigenvalue weighted by molar-refractivity contribution is 0.130.